The molecule has 1 saturated carbocycles. The molecule has 0 heterocycles. The largest absolute Gasteiger partial charge is 0.300 e. The number of ketones is 1. The highest BCUT2D eigenvalue weighted by molar-refractivity contribution is 5.79. The van der Waals surface area contributed by atoms with Gasteiger partial charge in [-0.25, -0.2) is 0 Å². The predicted octanol–water partition coefficient (Wildman–Crippen LogP) is 3.59. The second-order valence-corrected chi connectivity index (χ2v) is 5.54. The van der Waals surface area contributed by atoms with Crippen LogP contribution in [0, 0.1) is 17.3 Å². The Hall–Kier alpha value is -0.590. The fraction of sp³-hybridized carbons (Fsp3) is 0.769. The first-order valence-electron chi connectivity index (χ1n) is 5.57. The van der Waals surface area contributed by atoms with Crippen LogP contribution in [0.5, 0.6) is 0 Å². The third kappa shape index (κ3) is 2.70. The van der Waals surface area contributed by atoms with Gasteiger partial charge in [0.15, 0.2) is 0 Å². The topological polar surface area (TPSA) is 17.1 Å². The van der Waals surface area contributed by atoms with Crippen LogP contribution >= 0.6 is 0 Å². The summed E-state index contributed by atoms with van der Waals surface area (Å²) in [6.45, 7) is 10.6. The van der Waals surface area contributed by atoms with Crippen molar-refractivity contribution in [2.24, 2.45) is 17.3 Å². The van der Waals surface area contributed by atoms with Gasteiger partial charge in [0, 0.05) is 12.8 Å². The Morgan fingerprint density at radius 3 is 2.64 bits per heavy atom. The molecule has 0 aromatic rings. The molecule has 0 amide bonds. The Bertz CT molecular complexity index is 222. The zero-order valence-corrected chi connectivity index (χ0v) is 9.68. The Morgan fingerprint density at radius 1 is 1.50 bits per heavy atom. The standard InChI is InChI=1S/C13H22O/c1-5-6-10-9-11(14)7-8-12(10)13(2,3)4/h5,10,12H,1,6-9H2,2-4H3. The van der Waals surface area contributed by atoms with Crippen molar-refractivity contribution in [1.82, 2.24) is 0 Å². The molecule has 1 heteroatoms. The zero-order valence-electron chi connectivity index (χ0n) is 9.68. The predicted molar refractivity (Wildman–Crippen MR) is 60.1 cm³/mol. The van der Waals surface area contributed by atoms with E-state index >= 15 is 0 Å². The minimum Gasteiger partial charge on any atom is -0.300 e. The first-order chi connectivity index (χ1) is 6.45. The van der Waals surface area contributed by atoms with Crippen LogP contribution in [0.2, 0.25) is 0 Å². The Kier molecular flexibility index (Phi) is 3.52. The van der Waals surface area contributed by atoms with Crippen molar-refractivity contribution in [2.45, 2.75) is 46.5 Å². The number of rotatable bonds is 2. The molecule has 0 aliphatic heterocycles. The number of carbonyl (C=O) groups is 1. The van der Waals surface area contributed by atoms with Gasteiger partial charge in [0.2, 0.25) is 0 Å². The van der Waals surface area contributed by atoms with Crippen LogP contribution < -0.4 is 0 Å². The monoisotopic (exact) mass is 194 g/mol. The van der Waals surface area contributed by atoms with Crippen LogP contribution in [0.25, 0.3) is 0 Å². The van der Waals surface area contributed by atoms with Crippen molar-refractivity contribution in [1.29, 1.82) is 0 Å². The molecule has 2 unspecified atom stereocenters. The number of allylic oxidation sites excluding steroid dienone is 1. The van der Waals surface area contributed by atoms with E-state index in [9.17, 15) is 4.79 Å². The second kappa shape index (κ2) is 4.29. The number of hydrogen-bond acceptors (Lipinski definition) is 1. The molecule has 1 fully saturated rings. The molecule has 2 atom stereocenters. The summed E-state index contributed by atoms with van der Waals surface area (Å²) in [5.41, 5.74) is 0.328. The van der Waals surface area contributed by atoms with Gasteiger partial charge in [-0.3, -0.25) is 4.79 Å². The van der Waals surface area contributed by atoms with E-state index in [1.807, 2.05) is 6.08 Å². The van der Waals surface area contributed by atoms with E-state index in [1.54, 1.807) is 0 Å². The lowest BCUT2D eigenvalue weighted by Crippen LogP contribution is -2.33. The molecule has 0 aromatic carbocycles. The summed E-state index contributed by atoms with van der Waals surface area (Å²) in [5, 5.41) is 0. The Balaban J connectivity index is 2.72. The molecule has 1 nitrogen and oxygen atoms in total. The molecule has 1 aliphatic carbocycles. The highest BCUT2D eigenvalue weighted by Crippen LogP contribution is 2.42. The van der Waals surface area contributed by atoms with E-state index in [0.29, 0.717) is 23.0 Å². The molecular weight excluding hydrogens is 172 g/mol. The van der Waals surface area contributed by atoms with Gasteiger partial charge in [-0.05, 0) is 30.1 Å². The maximum Gasteiger partial charge on any atom is 0.133 e. The van der Waals surface area contributed by atoms with E-state index in [4.69, 9.17) is 0 Å². The summed E-state index contributed by atoms with van der Waals surface area (Å²) in [7, 11) is 0. The summed E-state index contributed by atoms with van der Waals surface area (Å²) in [6.07, 6.45) is 5.58. The average Bonchev–Trinajstić information content (AvgIpc) is 2.02. The van der Waals surface area contributed by atoms with Gasteiger partial charge in [-0.2, -0.15) is 0 Å². The maximum atomic E-state index is 11.4. The van der Waals surface area contributed by atoms with E-state index in [-0.39, 0.29) is 0 Å². The minimum atomic E-state index is 0.328. The average molecular weight is 194 g/mol. The highest BCUT2D eigenvalue weighted by Gasteiger charge is 2.35. The fourth-order valence-corrected chi connectivity index (χ4v) is 2.69. The molecule has 1 aliphatic rings. The maximum absolute atomic E-state index is 11.4. The fourth-order valence-electron chi connectivity index (χ4n) is 2.69. The molecule has 0 N–H and O–H groups in total. The lowest BCUT2D eigenvalue weighted by Gasteiger charge is -2.39. The molecule has 14 heavy (non-hydrogen) atoms. The summed E-state index contributed by atoms with van der Waals surface area (Å²) in [5.74, 6) is 1.66. The van der Waals surface area contributed by atoms with Gasteiger partial charge < -0.3 is 0 Å². The third-order valence-electron chi connectivity index (χ3n) is 3.37. The Morgan fingerprint density at radius 2 is 2.14 bits per heavy atom. The summed E-state index contributed by atoms with van der Waals surface area (Å²) in [6, 6.07) is 0. The quantitative estimate of drug-likeness (QED) is 0.614. The molecule has 0 aromatic heterocycles. The van der Waals surface area contributed by atoms with Gasteiger partial charge in [0.05, 0.1) is 0 Å². The molecule has 0 bridgehead atoms. The lowest BCUT2D eigenvalue weighted by atomic mass is 9.65. The minimum absolute atomic E-state index is 0.328. The van der Waals surface area contributed by atoms with Crippen molar-refractivity contribution >= 4 is 5.78 Å². The lowest BCUT2D eigenvalue weighted by molar-refractivity contribution is -0.123. The first-order valence-corrected chi connectivity index (χ1v) is 5.57. The van der Waals surface area contributed by atoms with Crippen LogP contribution in [-0.4, -0.2) is 5.78 Å². The zero-order chi connectivity index (χ0) is 10.8. The van der Waals surface area contributed by atoms with Gasteiger partial charge in [0.1, 0.15) is 5.78 Å². The van der Waals surface area contributed by atoms with Gasteiger partial charge in [-0.1, -0.05) is 26.8 Å². The van der Waals surface area contributed by atoms with Crippen molar-refractivity contribution in [3.63, 3.8) is 0 Å². The van der Waals surface area contributed by atoms with Gasteiger partial charge in [-0.15, -0.1) is 6.58 Å². The van der Waals surface area contributed by atoms with Crippen molar-refractivity contribution in [2.75, 3.05) is 0 Å². The summed E-state index contributed by atoms with van der Waals surface area (Å²) >= 11 is 0. The van der Waals surface area contributed by atoms with Crippen LogP contribution in [-0.2, 0) is 4.79 Å². The molecule has 0 spiro atoms. The van der Waals surface area contributed by atoms with E-state index in [2.05, 4.69) is 27.4 Å². The number of Topliss-reactive ketones (excluding diaryl/α,β-unsaturated/α-hetero) is 1. The van der Waals surface area contributed by atoms with Crippen LogP contribution in [0.3, 0.4) is 0 Å². The van der Waals surface area contributed by atoms with Gasteiger partial charge in [0.25, 0.3) is 0 Å². The van der Waals surface area contributed by atoms with E-state index in [0.717, 1.165) is 25.7 Å². The molecule has 1 rings (SSSR count). The normalized spacial score (nSPS) is 28.9. The van der Waals surface area contributed by atoms with Crippen molar-refractivity contribution in [3.05, 3.63) is 12.7 Å². The van der Waals surface area contributed by atoms with Crippen LogP contribution in [0.1, 0.15) is 46.5 Å². The molecular formula is C13H22O. The van der Waals surface area contributed by atoms with Crippen LogP contribution in [0.15, 0.2) is 12.7 Å². The first kappa shape index (κ1) is 11.5. The molecule has 0 saturated heterocycles. The third-order valence-corrected chi connectivity index (χ3v) is 3.37. The number of carbonyl (C=O) groups excluding carboxylic acids is 1. The molecule has 80 valence electrons. The van der Waals surface area contributed by atoms with Crippen molar-refractivity contribution in [3.8, 4) is 0 Å². The van der Waals surface area contributed by atoms with E-state index in [1.165, 1.54) is 0 Å². The summed E-state index contributed by atoms with van der Waals surface area (Å²) < 4.78 is 0. The van der Waals surface area contributed by atoms with E-state index < -0.39 is 0 Å². The second-order valence-electron chi connectivity index (χ2n) is 5.54. The summed E-state index contributed by atoms with van der Waals surface area (Å²) in [4.78, 5) is 11.4. The van der Waals surface area contributed by atoms with Crippen LogP contribution in [0.4, 0.5) is 0 Å². The number of hydrogen-bond donors (Lipinski definition) is 0. The SMILES string of the molecule is C=CCC1CC(=O)CCC1C(C)(C)C. The molecule has 0 radical (unpaired) electrons. The van der Waals surface area contributed by atoms with Gasteiger partial charge >= 0.3 is 0 Å². The Labute approximate surface area is 87.6 Å². The smallest absolute Gasteiger partial charge is 0.133 e. The highest BCUT2D eigenvalue weighted by atomic mass is 16.1. The van der Waals surface area contributed by atoms with Crippen molar-refractivity contribution < 1.29 is 4.79 Å².